The molecule has 36 heavy (non-hydrogen) atoms. The molecule has 0 saturated heterocycles. The molecule has 0 bridgehead atoms. The fourth-order valence-corrected chi connectivity index (χ4v) is 4.82. The molecule has 0 N–H and O–H groups in total. The molecule has 1 aliphatic carbocycles. The summed E-state index contributed by atoms with van der Waals surface area (Å²) in [6.45, 7) is 9.96. The summed E-state index contributed by atoms with van der Waals surface area (Å²) < 4.78 is 12.5. The molecule has 3 aromatic carbocycles. The topological polar surface area (TPSA) is 52.8 Å². The monoisotopic (exact) mass is 474 g/mol. The van der Waals surface area contributed by atoms with Crippen LogP contribution >= 0.6 is 0 Å². The third kappa shape index (κ3) is 4.71. The Labute approximate surface area is 211 Å². The number of fused-ring (bicyclic) bond motifs is 1. The van der Waals surface area contributed by atoms with E-state index in [2.05, 4.69) is 47.1 Å². The molecule has 0 unspecified atom stereocenters. The standard InChI is InChI=1S/C31H26N2O3/c1-21-24(10-6-11-26(21)23-8-4-3-5-9-23)20-36-30-15-31(29(18-34)27-12-7-13-28(27)30)35-19-22-14-25(32-2)17-33-16-22/h3-6,8-11,14-18H,7,12-13,19-20H2,1H3. The van der Waals surface area contributed by atoms with Crippen molar-refractivity contribution in [3.05, 3.63) is 118 Å². The zero-order valence-electron chi connectivity index (χ0n) is 20.2. The van der Waals surface area contributed by atoms with Crippen LogP contribution in [-0.4, -0.2) is 11.3 Å². The first-order valence-electron chi connectivity index (χ1n) is 12.0. The molecule has 5 rings (SSSR count). The Morgan fingerprint density at radius 2 is 1.75 bits per heavy atom. The lowest BCUT2D eigenvalue weighted by Gasteiger charge is -2.18. The lowest BCUT2D eigenvalue weighted by atomic mass is 9.97. The lowest BCUT2D eigenvalue weighted by Crippen LogP contribution is -2.06. The van der Waals surface area contributed by atoms with Gasteiger partial charge in [-0.1, -0.05) is 48.5 Å². The molecule has 0 aliphatic heterocycles. The molecule has 0 fully saturated rings. The first-order valence-corrected chi connectivity index (χ1v) is 12.0. The van der Waals surface area contributed by atoms with Crippen LogP contribution in [0, 0.1) is 13.5 Å². The number of pyridine rings is 1. The first-order chi connectivity index (χ1) is 17.7. The molecule has 1 heterocycles. The van der Waals surface area contributed by atoms with Crippen LogP contribution in [0.2, 0.25) is 0 Å². The maximum Gasteiger partial charge on any atom is 0.205 e. The van der Waals surface area contributed by atoms with Crippen LogP contribution in [0.3, 0.4) is 0 Å². The predicted octanol–water partition coefficient (Wildman–Crippen LogP) is 7.07. The van der Waals surface area contributed by atoms with E-state index in [9.17, 15) is 4.79 Å². The van der Waals surface area contributed by atoms with Gasteiger partial charge in [0.25, 0.3) is 0 Å². The van der Waals surface area contributed by atoms with Crippen LogP contribution in [0.5, 0.6) is 11.5 Å². The average Bonchev–Trinajstić information content (AvgIpc) is 3.42. The second-order valence-electron chi connectivity index (χ2n) is 8.91. The fourth-order valence-electron chi connectivity index (χ4n) is 4.82. The molecule has 0 spiro atoms. The van der Waals surface area contributed by atoms with Crippen molar-refractivity contribution in [3.63, 3.8) is 0 Å². The molecule has 0 amide bonds. The number of nitrogens with zero attached hydrogens (tertiary/aromatic N) is 2. The van der Waals surface area contributed by atoms with E-state index in [1.54, 1.807) is 12.3 Å². The number of aromatic nitrogens is 1. The number of carbonyl (C=O) groups excluding carboxylic acids is 1. The van der Waals surface area contributed by atoms with Crippen molar-refractivity contribution in [2.24, 2.45) is 0 Å². The maximum atomic E-state index is 12.0. The Morgan fingerprint density at radius 3 is 2.56 bits per heavy atom. The molecule has 5 nitrogen and oxygen atoms in total. The van der Waals surface area contributed by atoms with Gasteiger partial charge in [0, 0.05) is 18.5 Å². The van der Waals surface area contributed by atoms with E-state index in [1.165, 1.54) is 22.9 Å². The van der Waals surface area contributed by atoms with Gasteiger partial charge in [0.05, 0.1) is 12.1 Å². The molecule has 178 valence electrons. The Bertz CT molecular complexity index is 1460. The second-order valence-corrected chi connectivity index (χ2v) is 8.91. The zero-order valence-corrected chi connectivity index (χ0v) is 20.2. The SMILES string of the molecule is [C-]#[N+]c1cncc(COc2cc(OCc3cccc(-c4ccccc4)c3C)c3c(c2C=O)CCC3)c1. The van der Waals surface area contributed by atoms with Gasteiger partial charge in [-0.3, -0.25) is 9.78 Å². The number of hydrogen-bond donors (Lipinski definition) is 0. The quantitative estimate of drug-likeness (QED) is 0.202. The van der Waals surface area contributed by atoms with Crippen LogP contribution in [0.4, 0.5) is 5.69 Å². The highest BCUT2D eigenvalue weighted by molar-refractivity contribution is 5.84. The van der Waals surface area contributed by atoms with Gasteiger partial charge in [0.2, 0.25) is 5.69 Å². The number of benzene rings is 3. The van der Waals surface area contributed by atoms with Gasteiger partial charge < -0.3 is 9.47 Å². The van der Waals surface area contributed by atoms with E-state index in [-0.39, 0.29) is 6.61 Å². The third-order valence-electron chi connectivity index (χ3n) is 6.70. The fraction of sp³-hybridized carbons (Fsp3) is 0.194. The Hall–Kier alpha value is -4.43. The molecule has 0 radical (unpaired) electrons. The number of aldehydes is 1. The van der Waals surface area contributed by atoms with Crippen molar-refractivity contribution >= 4 is 12.0 Å². The van der Waals surface area contributed by atoms with Crippen LogP contribution in [0.15, 0.2) is 73.1 Å². The molecule has 1 aromatic heterocycles. The smallest absolute Gasteiger partial charge is 0.205 e. The number of hydrogen-bond acceptors (Lipinski definition) is 4. The normalized spacial score (nSPS) is 12.0. The van der Waals surface area contributed by atoms with E-state index < -0.39 is 0 Å². The summed E-state index contributed by atoms with van der Waals surface area (Å²) in [7, 11) is 0. The summed E-state index contributed by atoms with van der Waals surface area (Å²) in [6.07, 6.45) is 6.76. The van der Waals surface area contributed by atoms with E-state index in [0.717, 1.165) is 53.6 Å². The van der Waals surface area contributed by atoms with Crippen molar-refractivity contribution < 1.29 is 14.3 Å². The maximum absolute atomic E-state index is 12.0. The van der Waals surface area contributed by atoms with Gasteiger partial charge in [0.1, 0.15) is 24.7 Å². The minimum Gasteiger partial charge on any atom is -0.488 e. The highest BCUT2D eigenvalue weighted by Gasteiger charge is 2.24. The third-order valence-corrected chi connectivity index (χ3v) is 6.70. The summed E-state index contributed by atoms with van der Waals surface area (Å²) in [5.41, 5.74) is 8.61. The van der Waals surface area contributed by atoms with Crippen LogP contribution in [-0.2, 0) is 26.1 Å². The molecule has 0 atom stereocenters. The molecule has 1 aliphatic rings. The Kier molecular flexibility index (Phi) is 6.77. The van der Waals surface area contributed by atoms with Crippen LogP contribution in [0.1, 0.15) is 44.6 Å². The van der Waals surface area contributed by atoms with Gasteiger partial charge in [0.15, 0.2) is 6.29 Å². The number of carbonyl (C=O) groups is 1. The largest absolute Gasteiger partial charge is 0.488 e. The summed E-state index contributed by atoms with van der Waals surface area (Å²) in [4.78, 5) is 19.6. The highest BCUT2D eigenvalue weighted by atomic mass is 16.5. The van der Waals surface area contributed by atoms with E-state index in [0.29, 0.717) is 23.6 Å². The summed E-state index contributed by atoms with van der Waals surface area (Å²) in [6, 6.07) is 20.2. The number of rotatable bonds is 8. The Morgan fingerprint density at radius 1 is 0.944 bits per heavy atom. The van der Waals surface area contributed by atoms with Crippen molar-refractivity contribution in [2.75, 3.05) is 0 Å². The molecule has 0 saturated carbocycles. The first kappa shape index (κ1) is 23.3. The van der Waals surface area contributed by atoms with Gasteiger partial charge in [-0.2, -0.15) is 0 Å². The predicted molar refractivity (Wildman–Crippen MR) is 140 cm³/mol. The van der Waals surface area contributed by atoms with Gasteiger partial charge in [-0.15, -0.1) is 0 Å². The van der Waals surface area contributed by atoms with Gasteiger partial charge in [-0.05, 0) is 71.2 Å². The molecule has 4 aromatic rings. The molecular weight excluding hydrogens is 448 g/mol. The van der Waals surface area contributed by atoms with Crippen molar-refractivity contribution in [3.8, 4) is 22.6 Å². The summed E-state index contributed by atoms with van der Waals surface area (Å²) in [5.74, 6) is 1.27. The van der Waals surface area contributed by atoms with Gasteiger partial charge in [-0.25, -0.2) is 4.85 Å². The highest BCUT2D eigenvalue weighted by Crippen LogP contribution is 2.39. The van der Waals surface area contributed by atoms with Crippen molar-refractivity contribution in [1.82, 2.24) is 4.98 Å². The van der Waals surface area contributed by atoms with Crippen molar-refractivity contribution in [2.45, 2.75) is 39.4 Å². The second kappa shape index (κ2) is 10.5. The van der Waals surface area contributed by atoms with Crippen LogP contribution < -0.4 is 9.47 Å². The van der Waals surface area contributed by atoms with Crippen LogP contribution in [0.25, 0.3) is 16.0 Å². The lowest BCUT2D eigenvalue weighted by molar-refractivity contribution is 0.111. The van der Waals surface area contributed by atoms with E-state index >= 15 is 0 Å². The van der Waals surface area contributed by atoms with E-state index in [1.807, 2.05) is 24.3 Å². The zero-order chi connectivity index (χ0) is 24.9. The van der Waals surface area contributed by atoms with Gasteiger partial charge >= 0.3 is 0 Å². The summed E-state index contributed by atoms with van der Waals surface area (Å²) >= 11 is 0. The summed E-state index contributed by atoms with van der Waals surface area (Å²) in [5, 5.41) is 0. The van der Waals surface area contributed by atoms with Crippen molar-refractivity contribution in [1.29, 1.82) is 0 Å². The van der Waals surface area contributed by atoms with E-state index in [4.69, 9.17) is 16.0 Å². The minimum atomic E-state index is 0.216. The minimum absolute atomic E-state index is 0.216. The average molecular weight is 475 g/mol. The molecule has 5 heteroatoms. The molecular formula is C31H26N2O3. The Balaban J connectivity index is 1.42. The number of ether oxygens (including phenoxy) is 2.